The summed E-state index contributed by atoms with van der Waals surface area (Å²) in [6.07, 6.45) is 2.82. The summed E-state index contributed by atoms with van der Waals surface area (Å²) >= 11 is 0. The van der Waals surface area contributed by atoms with Crippen LogP contribution in [-0.4, -0.2) is 25.8 Å². The van der Waals surface area contributed by atoms with Crippen LogP contribution in [0.25, 0.3) is 10.8 Å². The molecule has 5 heteroatoms. The monoisotopic (exact) mass is 376 g/mol. The van der Waals surface area contributed by atoms with Gasteiger partial charge < -0.3 is 9.47 Å². The van der Waals surface area contributed by atoms with Gasteiger partial charge >= 0.3 is 0 Å². The Morgan fingerprint density at radius 1 is 1.07 bits per heavy atom. The molecule has 1 N–H and O–H groups in total. The van der Waals surface area contributed by atoms with Crippen molar-refractivity contribution in [1.82, 2.24) is 5.43 Å². The Labute approximate surface area is 165 Å². The number of ether oxygens (including phenoxy) is 2. The molecule has 0 heterocycles. The van der Waals surface area contributed by atoms with Gasteiger partial charge in [0.1, 0.15) is 11.5 Å². The van der Waals surface area contributed by atoms with Gasteiger partial charge in [-0.15, -0.1) is 0 Å². The molecular weight excluding hydrogens is 352 g/mol. The quantitative estimate of drug-likeness (QED) is 0.470. The van der Waals surface area contributed by atoms with E-state index in [0.29, 0.717) is 6.61 Å². The summed E-state index contributed by atoms with van der Waals surface area (Å²) in [4.78, 5) is 12.2. The summed E-state index contributed by atoms with van der Waals surface area (Å²) < 4.78 is 11.0. The standard InChI is InChI=1S/C23H24N2O3/c1-3-14-28-22-13-10-18-6-4-5-7-20(18)21(22)16-24-25-23(26)15-17-8-11-19(27-2)12-9-17/h4-13,16H,3,14-15H2,1-2H3,(H,25,26)/b24-16+. The number of nitrogens with one attached hydrogen (secondary N) is 1. The second-order valence-electron chi connectivity index (χ2n) is 6.37. The molecule has 0 aliphatic rings. The van der Waals surface area contributed by atoms with E-state index in [1.165, 1.54) is 0 Å². The average Bonchev–Trinajstić information content (AvgIpc) is 2.73. The fourth-order valence-electron chi connectivity index (χ4n) is 2.88. The lowest BCUT2D eigenvalue weighted by Crippen LogP contribution is -2.19. The number of rotatable bonds is 8. The minimum absolute atomic E-state index is 0.183. The van der Waals surface area contributed by atoms with E-state index in [0.717, 1.165) is 39.8 Å². The van der Waals surface area contributed by atoms with Crippen molar-refractivity contribution in [2.75, 3.05) is 13.7 Å². The molecule has 0 fully saturated rings. The SMILES string of the molecule is CCCOc1ccc2ccccc2c1/C=N/NC(=O)Cc1ccc(OC)cc1. The zero-order valence-electron chi connectivity index (χ0n) is 16.1. The Morgan fingerprint density at radius 3 is 2.61 bits per heavy atom. The number of benzene rings is 3. The maximum Gasteiger partial charge on any atom is 0.244 e. The lowest BCUT2D eigenvalue weighted by atomic mass is 10.0. The van der Waals surface area contributed by atoms with Gasteiger partial charge in [-0.3, -0.25) is 4.79 Å². The van der Waals surface area contributed by atoms with Gasteiger partial charge in [0.15, 0.2) is 0 Å². The molecule has 3 aromatic carbocycles. The van der Waals surface area contributed by atoms with Gasteiger partial charge in [0.25, 0.3) is 0 Å². The van der Waals surface area contributed by atoms with Gasteiger partial charge in [-0.1, -0.05) is 49.4 Å². The van der Waals surface area contributed by atoms with Crippen molar-refractivity contribution in [3.8, 4) is 11.5 Å². The first-order valence-electron chi connectivity index (χ1n) is 9.30. The number of hydrazone groups is 1. The van der Waals surface area contributed by atoms with Crippen molar-refractivity contribution >= 4 is 22.9 Å². The normalized spacial score (nSPS) is 10.9. The molecule has 0 spiro atoms. The molecule has 0 unspecified atom stereocenters. The molecule has 0 atom stereocenters. The molecule has 3 aromatic rings. The number of fused-ring (bicyclic) bond motifs is 1. The lowest BCUT2D eigenvalue weighted by Gasteiger charge is -2.11. The molecule has 3 rings (SSSR count). The molecule has 28 heavy (non-hydrogen) atoms. The minimum atomic E-state index is -0.183. The van der Waals surface area contributed by atoms with Crippen molar-refractivity contribution in [3.63, 3.8) is 0 Å². The third-order valence-electron chi connectivity index (χ3n) is 4.30. The van der Waals surface area contributed by atoms with Gasteiger partial charge in [-0.25, -0.2) is 5.43 Å². The molecule has 0 saturated carbocycles. The summed E-state index contributed by atoms with van der Waals surface area (Å²) in [6.45, 7) is 2.69. The highest BCUT2D eigenvalue weighted by molar-refractivity contribution is 6.02. The second-order valence-corrected chi connectivity index (χ2v) is 6.37. The van der Waals surface area contributed by atoms with Crippen molar-refractivity contribution in [2.24, 2.45) is 5.10 Å². The maximum absolute atomic E-state index is 12.2. The smallest absolute Gasteiger partial charge is 0.244 e. The molecule has 0 saturated heterocycles. The highest BCUT2D eigenvalue weighted by Crippen LogP contribution is 2.26. The van der Waals surface area contributed by atoms with Crippen molar-refractivity contribution in [3.05, 3.63) is 71.8 Å². The van der Waals surface area contributed by atoms with E-state index in [4.69, 9.17) is 9.47 Å². The molecular formula is C23H24N2O3. The molecule has 144 valence electrons. The summed E-state index contributed by atoms with van der Waals surface area (Å²) in [5, 5.41) is 6.29. The Morgan fingerprint density at radius 2 is 1.86 bits per heavy atom. The molecule has 5 nitrogen and oxygen atoms in total. The minimum Gasteiger partial charge on any atom is -0.497 e. The van der Waals surface area contributed by atoms with Gasteiger partial charge in [-0.05, 0) is 41.0 Å². The van der Waals surface area contributed by atoms with Crippen LogP contribution in [0.5, 0.6) is 11.5 Å². The van der Waals surface area contributed by atoms with E-state index >= 15 is 0 Å². The fraction of sp³-hybridized carbons (Fsp3) is 0.217. The van der Waals surface area contributed by atoms with Crippen LogP contribution in [0.2, 0.25) is 0 Å². The van der Waals surface area contributed by atoms with E-state index in [2.05, 4.69) is 17.5 Å². The number of nitrogens with zero attached hydrogens (tertiary/aromatic N) is 1. The Kier molecular flexibility index (Phi) is 6.63. The van der Waals surface area contributed by atoms with Gasteiger partial charge in [-0.2, -0.15) is 5.10 Å². The van der Waals surface area contributed by atoms with E-state index in [1.807, 2.05) is 60.7 Å². The van der Waals surface area contributed by atoms with Gasteiger partial charge in [0.2, 0.25) is 5.91 Å². The van der Waals surface area contributed by atoms with Crippen LogP contribution < -0.4 is 14.9 Å². The molecule has 0 radical (unpaired) electrons. The lowest BCUT2D eigenvalue weighted by molar-refractivity contribution is -0.120. The van der Waals surface area contributed by atoms with Crippen LogP contribution in [0.1, 0.15) is 24.5 Å². The highest BCUT2D eigenvalue weighted by Gasteiger charge is 2.08. The van der Waals surface area contributed by atoms with Crippen molar-refractivity contribution in [2.45, 2.75) is 19.8 Å². The van der Waals surface area contributed by atoms with Crippen molar-refractivity contribution in [1.29, 1.82) is 0 Å². The zero-order valence-corrected chi connectivity index (χ0v) is 16.1. The average molecular weight is 376 g/mol. The van der Waals surface area contributed by atoms with Crippen molar-refractivity contribution < 1.29 is 14.3 Å². The first-order chi connectivity index (χ1) is 13.7. The van der Waals surface area contributed by atoms with Crippen LogP contribution in [0.15, 0.2) is 65.8 Å². The Balaban J connectivity index is 1.73. The van der Waals surface area contributed by atoms with E-state index < -0.39 is 0 Å². The predicted octanol–water partition coefficient (Wildman–Crippen LogP) is 4.33. The van der Waals surface area contributed by atoms with Crippen LogP contribution in [0.4, 0.5) is 0 Å². The van der Waals surface area contributed by atoms with E-state index in [9.17, 15) is 4.79 Å². The van der Waals surface area contributed by atoms with Crippen LogP contribution in [-0.2, 0) is 11.2 Å². The summed E-state index contributed by atoms with van der Waals surface area (Å²) in [5.74, 6) is 1.34. The number of methoxy groups -OCH3 is 1. The van der Waals surface area contributed by atoms with Gasteiger partial charge in [0, 0.05) is 5.56 Å². The molecule has 1 amide bonds. The number of carbonyl (C=O) groups is 1. The molecule has 0 aliphatic carbocycles. The fourth-order valence-corrected chi connectivity index (χ4v) is 2.88. The van der Waals surface area contributed by atoms with E-state index in [1.54, 1.807) is 13.3 Å². The molecule has 0 aliphatic heterocycles. The predicted molar refractivity (Wildman–Crippen MR) is 112 cm³/mol. The first-order valence-corrected chi connectivity index (χ1v) is 9.30. The third kappa shape index (κ3) is 4.88. The van der Waals surface area contributed by atoms with Crippen LogP contribution >= 0.6 is 0 Å². The maximum atomic E-state index is 12.2. The number of amides is 1. The number of carbonyl (C=O) groups excluding carboxylic acids is 1. The highest BCUT2D eigenvalue weighted by atomic mass is 16.5. The van der Waals surface area contributed by atoms with Crippen LogP contribution in [0, 0.1) is 0 Å². The summed E-state index contributed by atoms with van der Waals surface area (Å²) in [5.41, 5.74) is 4.35. The topological polar surface area (TPSA) is 59.9 Å². The van der Waals surface area contributed by atoms with Gasteiger partial charge in [0.05, 0.1) is 26.4 Å². The summed E-state index contributed by atoms with van der Waals surface area (Å²) in [7, 11) is 1.61. The zero-order chi connectivity index (χ0) is 19.8. The Bertz CT molecular complexity index is 965. The third-order valence-corrected chi connectivity index (χ3v) is 4.30. The second kappa shape index (κ2) is 9.55. The van der Waals surface area contributed by atoms with Crippen LogP contribution in [0.3, 0.4) is 0 Å². The number of hydrogen-bond acceptors (Lipinski definition) is 4. The first kappa shape index (κ1) is 19.4. The molecule has 0 aromatic heterocycles. The molecule has 0 bridgehead atoms. The Hall–Kier alpha value is -3.34. The van der Waals surface area contributed by atoms with E-state index in [-0.39, 0.29) is 12.3 Å². The number of hydrogen-bond donors (Lipinski definition) is 1. The largest absolute Gasteiger partial charge is 0.497 e. The summed E-state index contributed by atoms with van der Waals surface area (Å²) in [6, 6.07) is 19.4.